The molecule has 0 aliphatic rings. The summed E-state index contributed by atoms with van der Waals surface area (Å²) in [5.41, 5.74) is 7.20. The number of nitrogens with one attached hydrogen (secondary N) is 1. The van der Waals surface area contributed by atoms with Gasteiger partial charge in [0.25, 0.3) is 0 Å². The van der Waals surface area contributed by atoms with E-state index in [9.17, 15) is 4.79 Å². The van der Waals surface area contributed by atoms with E-state index in [0.29, 0.717) is 16.5 Å². The Kier molecular flexibility index (Phi) is 4.00. The van der Waals surface area contributed by atoms with Crippen molar-refractivity contribution in [3.05, 3.63) is 47.0 Å². The zero-order valence-electron chi connectivity index (χ0n) is 10.7. The van der Waals surface area contributed by atoms with Crippen molar-refractivity contribution in [1.82, 2.24) is 0 Å². The fourth-order valence-corrected chi connectivity index (χ4v) is 1.99. The molecule has 0 aliphatic heterocycles. The summed E-state index contributed by atoms with van der Waals surface area (Å²) in [5.74, 6) is -0.500. The number of nitrogens with two attached hydrogens (primary N) is 1. The highest BCUT2D eigenvalue weighted by atomic mass is 35.5. The summed E-state index contributed by atoms with van der Waals surface area (Å²) in [5, 5.41) is 12.5. The lowest BCUT2D eigenvalue weighted by atomic mass is 10.1. The number of anilines is 3. The molecule has 20 heavy (non-hydrogen) atoms. The van der Waals surface area contributed by atoms with Crippen molar-refractivity contribution in [1.29, 1.82) is 0 Å². The van der Waals surface area contributed by atoms with Gasteiger partial charge in [0.15, 0.2) is 0 Å². The highest BCUT2D eigenvalue weighted by Gasteiger charge is 2.09. The van der Waals surface area contributed by atoms with E-state index in [2.05, 4.69) is 5.32 Å². The van der Waals surface area contributed by atoms with E-state index >= 15 is 0 Å². The van der Waals surface area contributed by atoms with E-state index in [1.54, 1.807) is 24.3 Å². The number of carbonyl (C=O) groups is 1. The van der Waals surface area contributed by atoms with Gasteiger partial charge >= 0.3 is 5.97 Å². The van der Waals surface area contributed by atoms with Crippen molar-refractivity contribution in [2.75, 3.05) is 18.2 Å². The average Bonchev–Trinajstić information content (AvgIpc) is 2.41. The molecule has 0 aliphatic carbocycles. The Morgan fingerprint density at radius 3 is 2.50 bits per heavy atom. The predicted octanol–water partition coefficient (Wildman–Crippen LogP) is 3.37. The number of benzene rings is 2. The number of rotatable bonds is 4. The first-order valence-electron chi connectivity index (χ1n) is 5.74. The van der Waals surface area contributed by atoms with Crippen LogP contribution in [0.5, 0.6) is 5.75 Å². The average molecular weight is 293 g/mol. The van der Waals surface area contributed by atoms with Crippen LogP contribution in [0, 0.1) is 0 Å². The Hall–Kier alpha value is -2.40. The molecule has 4 N–H and O–H groups in total. The minimum Gasteiger partial charge on any atom is -0.495 e. The molecule has 0 unspecified atom stereocenters. The second-order valence-electron chi connectivity index (χ2n) is 4.08. The lowest BCUT2D eigenvalue weighted by molar-refractivity contribution is 0.0698. The minimum atomic E-state index is -1.07. The van der Waals surface area contributed by atoms with Crippen LogP contribution in [0.4, 0.5) is 17.1 Å². The van der Waals surface area contributed by atoms with E-state index in [4.69, 9.17) is 27.2 Å². The molecule has 2 aromatic rings. The molecule has 2 aromatic carbocycles. The van der Waals surface area contributed by atoms with Gasteiger partial charge in [-0.05, 0) is 36.4 Å². The highest BCUT2D eigenvalue weighted by Crippen LogP contribution is 2.29. The van der Waals surface area contributed by atoms with Gasteiger partial charge in [0.1, 0.15) is 5.75 Å². The first-order valence-corrected chi connectivity index (χ1v) is 6.12. The van der Waals surface area contributed by atoms with E-state index in [1.807, 2.05) is 0 Å². The third-order valence-electron chi connectivity index (χ3n) is 2.72. The van der Waals surface area contributed by atoms with Crippen LogP contribution in [-0.2, 0) is 0 Å². The second-order valence-corrected chi connectivity index (χ2v) is 4.49. The van der Waals surface area contributed by atoms with Gasteiger partial charge in [-0.1, -0.05) is 11.6 Å². The maximum Gasteiger partial charge on any atom is 0.337 e. The molecular weight excluding hydrogens is 280 g/mol. The molecule has 0 fully saturated rings. The van der Waals surface area contributed by atoms with Crippen molar-refractivity contribution in [2.24, 2.45) is 0 Å². The van der Waals surface area contributed by atoms with Crippen LogP contribution in [-0.4, -0.2) is 18.2 Å². The van der Waals surface area contributed by atoms with Crippen LogP contribution in [0.15, 0.2) is 36.4 Å². The van der Waals surface area contributed by atoms with Crippen molar-refractivity contribution < 1.29 is 14.6 Å². The molecular formula is C14H13ClN2O3. The SMILES string of the molecule is COc1ccc(Nc2ccc(N)c(C(=O)O)c2)cc1Cl. The van der Waals surface area contributed by atoms with Gasteiger partial charge in [-0.3, -0.25) is 0 Å². The number of hydrogen-bond donors (Lipinski definition) is 3. The Labute approximate surface area is 120 Å². The molecule has 6 heteroatoms. The topological polar surface area (TPSA) is 84.6 Å². The monoisotopic (exact) mass is 292 g/mol. The summed E-state index contributed by atoms with van der Waals surface area (Å²) < 4.78 is 5.06. The lowest BCUT2D eigenvalue weighted by Gasteiger charge is -2.10. The van der Waals surface area contributed by atoms with Crippen LogP contribution in [0.3, 0.4) is 0 Å². The summed E-state index contributed by atoms with van der Waals surface area (Å²) in [7, 11) is 1.54. The summed E-state index contributed by atoms with van der Waals surface area (Å²) in [6.07, 6.45) is 0. The van der Waals surface area contributed by atoms with Crippen LogP contribution < -0.4 is 15.8 Å². The van der Waals surface area contributed by atoms with E-state index < -0.39 is 5.97 Å². The molecule has 0 radical (unpaired) electrons. The first-order chi connectivity index (χ1) is 9.51. The van der Waals surface area contributed by atoms with Gasteiger partial charge in [0.05, 0.1) is 17.7 Å². The molecule has 0 saturated heterocycles. The predicted molar refractivity (Wildman–Crippen MR) is 79.1 cm³/mol. The third kappa shape index (κ3) is 2.95. The number of hydrogen-bond acceptors (Lipinski definition) is 4. The van der Waals surface area contributed by atoms with Gasteiger partial charge in [0, 0.05) is 17.1 Å². The summed E-state index contributed by atoms with van der Waals surface area (Å²) in [4.78, 5) is 11.0. The largest absolute Gasteiger partial charge is 0.495 e. The van der Waals surface area contributed by atoms with Gasteiger partial charge < -0.3 is 20.9 Å². The molecule has 0 spiro atoms. The van der Waals surface area contributed by atoms with Crippen molar-refractivity contribution in [3.8, 4) is 5.75 Å². The van der Waals surface area contributed by atoms with E-state index in [0.717, 1.165) is 5.69 Å². The molecule has 5 nitrogen and oxygen atoms in total. The van der Waals surface area contributed by atoms with Crippen LogP contribution >= 0.6 is 11.6 Å². The molecule has 0 atom stereocenters. The van der Waals surface area contributed by atoms with Crippen molar-refractivity contribution in [2.45, 2.75) is 0 Å². The Balaban J connectivity index is 2.28. The molecule has 0 aromatic heterocycles. The number of halogens is 1. The number of methoxy groups -OCH3 is 1. The number of ether oxygens (including phenoxy) is 1. The summed E-state index contributed by atoms with van der Waals surface area (Å²) in [6.45, 7) is 0. The maximum absolute atomic E-state index is 11.0. The second kappa shape index (κ2) is 5.71. The summed E-state index contributed by atoms with van der Waals surface area (Å²) >= 11 is 6.02. The van der Waals surface area contributed by atoms with Crippen LogP contribution in [0.1, 0.15) is 10.4 Å². The van der Waals surface area contributed by atoms with E-state index in [1.165, 1.54) is 19.2 Å². The van der Waals surface area contributed by atoms with E-state index in [-0.39, 0.29) is 11.3 Å². The molecule has 0 amide bonds. The van der Waals surface area contributed by atoms with Crippen molar-refractivity contribution in [3.63, 3.8) is 0 Å². The lowest BCUT2D eigenvalue weighted by Crippen LogP contribution is -2.03. The van der Waals surface area contributed by atoms with Gasteiger partial charge in [-0.25, -0.2) is 4.79 Å². The van der Waals surface area contributed by atoms with Gasteiger partial charge in [-0.15, -0.1) is 0 Å². The molecule has 0 bridgehead atoms. The maximum atomic E-state index is 11.0. The molecule has 2 rings (SSSR count). The number of carboxylic acids is 1. The first kappa shape index (κ1) is 14.0. The fourth-order valence-electron chi connectivity index (χ4n) is 1.73. The Bertz CT molecular complexity index is 659. The molecule has 0 heterocycles. The number of nitrogen functional groups attached to an aromatic ring is 1. The number of aromatic carboxylic acids is 1. The molecule has 104 valence electrons. The zero-order valence-corrected chi connectivity index (χ0v) is 11.4. The minimum absolute atomic E-state index is 0.0506. The Morgan fingerprint density at radius 1 is 1.25 bits per heavy atom. The third-order valence-corrected chi connectivity index (χ3v) is 3.02. The van der Waals surface area contributed by atoms with Gasteiger partial charge in [-0.2, -0.15) is 0 Å². The van der Waals surface area contributed by atoms with Gasteiger partial charge in [0.2, 0.25) is 0 Å². The molecule has 0 saturated carbocycles. The van der Waals surface area contributed by atoms with Crippen molar-refractivity contribution >= 4 is 34.6 Å². The highest BCUT2D eigenvalue weighted by molar-refractivity contribution is 6.32. The Morgan fingerprint density at radius 2 is 1.90 bits per heavy atom. The standard InChI is InChI=1S/C14H13ClN2O3/c1-20-13-5-3-9(7-11(13)15)17-8-2-4-12(16)10(6-8)14(18)19/h2-7,17H,16H2,1H3,(H,18,19). The normalized spacial score (nSPS) is 10.1. The fraction of sp³-hybridized carbons (Fsp3) is 0.0714. The van der Waals surface area contributed by atoms with Crippen LogP contribution in [0.2, 0.25) is 5.02 Å². The summed E-state index contributed by atoms with van der Waals surface area (Å²) in [6, 6.07) is 9.89. The quantitative estimate of drug-likeness (QED) is 0.752. The number of carboxylic acid groups (broad SMARTS) is 1. The van der Waals surface area contributed by atoms with Crippen LogP contribution in [0.25, 0.3) is 0 Å². The smallest absolute Gasteiger partial charge is 0.337 e. The zero-order chi connectivity index (χ0) is 14.7.